The molecule has 0 unspecified atom stereocenters. The molecule has 1 saturated heterocycles. The molecule has 31 heavy (non-hydrogen) atoms. The van der Waals surface area contributed by atoms with Crippen LogP contribution >= 0.6 is 0 Å². The van der Waals surface area contributed by atoms with Crippen LogP contribution in [-0.4, -0.2) is 59.5 Å². The lowest BCUT2D eigenvalue weighted by Gasteiger charge is -2.34. The van der Waals surface area contributed by atoms with E-state index >= 15 is 0 Å². The van der Waals surface area contributed by atoms with Crippen LogP contribution in [0.4, 0.5) is 0 Å². The number of carbonyl (C=O) groups excluding carboxylic acids is 1. The van der Waals surface area contributed by atoms with E-state index in [-0.39, 0.29) is 18.1 Å². The Kier molecular flexibility index (Phi) is 7.54. The number of fused-ring (bicyclic) bond motifs is 1. The minimum absolute atomic E-state index is 0.108. The Bertz CT molecular complexity index is 838. The van der Waals surface area contributed by atoms with Crippen molar-refractivity contribution in [2.75, 3.05) is 32.7 Å². The highest BCUT2D eigenvalue weighted by Gasteiger charge is 2.24. The number of aromatic nitrogens is 1. The smallest absolute Gasteiger partial charge is 0.221 e. The van der Waals surface area contributed by atoms with Crippen molar-refractivity contribution in [3.8, 4) is 5.75 Å². The van der Waals surface area contributed by atoms with E-state index < -0.39 is 0 Å². The van der Waals surface area contributed by atoms with Crippen molar-refractivity contribution in [3.63, 3.8) is 0 Å². The molecule has 2 aliphatic rings. The SMILES string of the molecule is C[C@H]1CN(CCC(=O)NC[C@@H](c2cccnc2)N2CCCCC2)Cc2ccccc2O1. The van der Waals surface area contributed by atoms with E-state index in [0.29, 0.717) is 13.0 Å². The molecular weight excluding hydrogens is 388 g/mol. The van der Waals surface area contributed by atoms with E-state index in [2.05, 4.69) is 39.2 Å². The van der Waals surface area contributed by atoms with E-state index in [4.69, 9.17) is 4.74 Å². The van der Waals surface area contributed by atoms with Crippen LogP contribution in [0.5, 0.6) is 5.75 Å². The molecule has 4 rings (SSSR count). The molecule has 166 valence electrons. The van der Waals surface area contributed by atoms with Crippen LogP contribution in [0.15, 0.2) is 48.8 Å². The third-order valence-corrected chi connectivity index (χ3v) is 6.26. The number of nitrogens with zero attached hydrogens (tertiary/aromatic N) is 3. The number of piperidine rings is 1. The first-order valence-electron chi connectivity index (χ1n) is 11.6. The molecule has 2 aromatic rings. The number of benzene rings is 1. The van der Waals surface area contributed by atoms with Gasteiger partial charge in [0.05, 0.1) is 6.04 Å². The van der Waals surface area contributed by atoms with Crippen molar-refractivity contribution in [2.24, 2.45) is 0 Å². The first kappa shape index (κ1) is 21.8. The van der Waals surface area contributed by atoms with E-state index in [0.717, 1.165) is 38.5 Å². The molecule has 2 atom stereocenters. The van der Waals surface area contributed by atoms with E-state index in [9.17, 15) is 4.79 Å². The molecule has 0 aliphatic carbocycles. The molecule has 0 bridgehead atoms. The lowest BCUT2D eigenvalue weighted by molar-refractivity contribution is -0.121. The highest BCUT2D eigenvalue weighted by Crippen LogP contribution is 2.25. The van der Waals surface area contributed by atoms with Gasteiger partial charge >= 0.3 is 0 Å². The van der Waals surface area contributed by atoms with Gasteiger partial charge < -0.3 is 10.1 Å². The Morgan fingerprint density at radius 2 is 2.03 bits per heavy atom. The summed E-state index contributed by atoms with van der Waals surface area (Å²) in [5, 5.41) is 3.20. The second-order valence-electron chi connectivity index (χ2n) is 8.72. The van der Waals surface area contributed by atoms with Crippen molar-refractivity contribution in [3.05, 3.63) is 59.9 Å². The quantitative estimate of drug-likeness (QED) is 0.741. The van der Waals surface area contributed by atoms with Gasteiger partial charge in [-0.25, -0.2) is 0 Å². The van der Waals surface area contributed by atoms with Crippen molar-refractivity contribution in [2.45, 2.75) is 51.3 Å². The lowest BCUT2D eigenvalue weighted by Crippen LogP contribution is -2.41. The Morgan fingerprint density at radius 3 is 2.84 bits per heavy atom. The number of rotatable bonds is 7. The van der Waals surface area contributed by atoms with Crippen molar-refractivity contribution < 1.29 is 9.53 Å². The first-order valence-corrected chi connectivity index (χ1v) is 11.6. The molecule has 0 spiro atoms. The van der Waals surface area contributed by atoms with Gasteiger partial charge in [0.15, 0.2) is 0 Å². The normalized spacial score (nSPS) is 20.9. The van der Waals surface area contributed by atoms with E-state index in [1.165, 1.54) is 30.4 Å². The van der Waals surface area contributed by atoms with Gasteiger partial charge in [0.25, 0.3) is 0 Å². The summed E-state index contributed by atoms with van der Waals surface area (Å²) in [6.07, 6.45) is 8.09. The third-order valence-electron chi connectivity index (χ3n) is 6.26. The second-order valence-corrected chi connectivity index (χ2v) is 8.72. The van der Waals surface area contributed by atoms with Crippen molar-refractivity contribution >= 4 is 5.91 Å². The molecule has 1 fully saturated rings. The molecular formula is C25H34N4O2. The summed E-state index contributed by atoms with van der Waals surface area (Å²) in [4.78, 5) is 21.8. The highest BCUT2D eigenvalue weighted by atomic mass is 16.5. The fourth-order valence-electron chi connectivity index (χ4n) is 4.66. The second kappa shape index (κ2) is 10.7. The number of amides is 1. The van der Waals surface area contributed by atoms with Crippen molar-refractivity contribution in [1.29, 1.82) is 0 Å². The van der Waals surface area contributed by atoms with Gasteiger partial charge in [0, 0.05) is 50.6 Å². The Labute approximate surface area is 185 Å². The van der Waals surface area contributed by atoms with E-state index in [1.807, 2.05) is 30.5 Å². The minimum Gasteiger partial charge on any atom is -0.489 e. The Hall–Kier alpha value is -2.44. The highest BCUT2D eigenvalue weighted by molar-refractivity contribution is 5.76. The van der Waals surface area contributed by atoms with Crippen LogP contribution in [0.1, 0.15) is 49.8 Å². The minimum atomic E-state index is 0.108. The fraction of sp³-hybridized carbons (Fsp3) is 0.520. The van der Waals surface area contributed by atoms with Gasteiger partial charge in [-0.05, 0) is 50.6 Å². The molecule has 1 aromatic carbocycles. The van der Waals surface area contributed by atoms with Gasteiger partial charge in [0.1, 0.15) is 11.9 Å². The number of likely N-dealkylation sites (tertiary alicyclic amines) is 1. The summed E-state index contributed by atoms with van der Waals surface area (Å²) in [7, 11) is 0. The van der Waals surface area contributed by atoms with Gasteiger partial charge in [-0.15, -0.1) is 0 Å². The molecule has 0 saturated carbocycles. The molecule has 1 N–H and O–H groups in total. The largest absolute Gasteiger partial charge is 0.489 e. The zero-order valence-corrected chi connectivity index (χ0v) is 18.5. The molecule has 2 aliphatic heterocycles. The molecule has 6 heteroatoms. The van der Waals surface area contributed by atoms with Gasteiger partial charge in [0.2, 0.25) is 5.91 Å². The first-order chi connectivity index (χ1) is 15.2. The monoisotopic (exact) mass is 422 g/mol. The van der Waals surface area contributed by atoms with E-state index in [1.54, 1.807) is 6.20 Å². The maximum Gasteiger partial charge on any atom is 0.221 e. The van der Waals surface area contributed by atoms with Gasteiger partial charge in [-0.3, -0.25) is 19.6 Å². The summed E-state index contributed by atoms with van der Waals surface area (Å²) >= 11 is 0. The molecule has 1 aromatic heterocycles. The number of hydrogen-bond donors (Lipinski definition) is 1. The van der Waals surface area contributed by atoms with Gasteiger partial charge in [-0.1, -0.05) is 30.7 Å². The predicted molar refractivity (Wildman–Crippen MR) is 122 cm³/mol. The summed E-state index contributed by atoms with van der Waals surface area (Å²) in [5.41, 5.74) is 2.37. The Morgan fingerprint density at radius 1 is 1.19 bits per heavy atom. The van der Waals surface area contributed by atoms with Crippen LogP contribution in [0.3, 0.4) is 0 Å². The number of para-hydroxylation sites is 1. The Balaban J connectivity index is 1.31. The molecule has 0 radical (unpaired) electrons. The molecule has 6 nitrogen and oxygen atoms in total. The standard InChI is InChI=1S/C25H34N4O2/c1-20-18-28(19-22-8-3-4-10-24(22)31-20)15-11-25(30)27-17-23(21-9-7-12-26-16-21)29-13-5-2-6-14-29/h3-4,7-10,12,16,20,23H,2,5-6,11,13-15,17-19H2,1H3,(H,27,30)/t20-,23-/m0/s1. The van der Waals surface area contributed by atoms with Crippen molar-refractivity contribution in [1.82, 2.24) is 20.1 Å². The van der Waals surface area contributed by atoms with Crippen LogP contribution in [0.2, 0.25) is 0 Å². The van der Waals surface area contributed by atoms with Crippen LogP contribution in [0.25, 0.3) is 0 Å². The maximum atomic E-state index is 12.7. The average Bonchev–Trinajstić information content (AvgIpc) is 2.96. The number of pyridine rings is 1. The molecule has 1 amide bonds. The van der Waals surface area contributed by atoms with Crippen LogP contribution in [0, 0.1) is 0 Å². The topological polar surface area (TPSA) is 57.7 Å². The zero-order chi connectivity index (χ0) is 21.5. The van der Waals surface area contributed by atoms with Crippen LogP contribution in [-0.2, 0) is 11.3 Å². The summed E-state index contributed by atoms with van der Waals surface area (Å²) in [6, 6.07) is 12.5. The average molecular weight is 423 g/mol. The third kappa shape index (κ3) is 6.05. The summed E-state index contributed by atoms with van der Waals surface area (Å²) < 4.78 is 6.04. The van der Waals surface area contributed by atoms with Crippen LogP contribution < -0.4 is 10.1 Å². The fourth-order valence-corrected chi connectivity index (χ4v) is 4.66. The lowest BCUT2D eigenvalue weighted by atomic mass is 10.0. The summed E-state index contributed by atoms with van der Waals surface area (Å²) in [6.45, 7) is 7.27. The number of hydrogen-bond acceptors (Lipinski definition) is 5. The predicted octanol–water partition coefficient (Wildman–Crippen LogP) is 3.40. The molecule has 3 heterocycles. The number of carbonyl (C=O) groups is 1. The number of ether oxygens (including phenoxy) is 1. The zero-order valence-electron chi connectivity index (χ0n) is 18.5. The maximum absolute atomic E-state index is 12.7. The van der Waals surface area contributed by atoms with Gasteiger partial charge in [-0.2, -0.15) is 0 Å². The number of nitrogens with one attached hydrogen (secondary N) is 1. The summed E-state index contributed by atoms with van der Waals surface area (Å²) in [5.74, 6) is 1.07.